The number of rotatable bonds is 8. The quantitative estimate of drug-likeness (QED) is 0.466. The molecule has 32 heavy (non-hydrogen) atoms. The molecule has 0 aliphatic carbocycles. The Labute approximate surface area is 186 Å². The van der Waals surface area contributed by atoms with E-state index in [4.69, 9.17) is 10.4 Å². The third-order valence-electron chi connectivity index (χ3n) is 4.32. The molecule has 0 radical (unpaired) electrons. The fourth-order valence-corrected chi connectivity index (χ4v) is 3.68. The van der Waals surface area contributed by atoms with Gasteiger partial charge >= 0.3 is 5.97 Å². The lowest BCUT2D eigenvalue weighted by molar-refractivity contribution is -0.116. The number of carbonyl (C=O) groups excluding carboxylic acids is 2. The summed E-state index contributed by atoms with van der Waals surface area (Å²) in [7, 11) is 1.77. The van der Waals surface area contributed by atoms with Gasteiger partial charge in [0, 0.05) is 25.2 Å². The van der Waals surface area contributed by atoms with Crippen LogP contribution in [-0.4, -0.2) is 48.7 Å². The molecule has 3 heterocycles. The van der Waals surface area contributed by atoms with Crippen molar-refractivity contribution in [1.82, 2.24) is 25.1 Å². The molecule has 0 fully saturated rings. The molecule has 0 saturated carbocycles. The van der Waals surface area contributed by atoms with E-state index in [-0.39, 0.29) is 28.5 Å². The van der Waals surface area contributed by atoms with Crippen molar-refractivity contribution in [2.45, 2.75) is 25.8 Å². The predicted molar refractivity (Wildman–Crippen MR) is 115 cm³/mol. The minimum atomic E-state index is -1.13. The number of hydrogen-bond donors (Lipinski definition) is 3. The summed E-state index contributed by atoms with van der Waals surface area (Å²) < 4.78 is 1.62. The number of aromatic nitrogens is 4. The molecule has 164 valence electrons. The lowest BCUT2D eigenvalue weighted by Gasteiger charge is -2.15. The van der Waals surface area contributed by atoms with Crippen LogP contribution in [0.5, 0.6) is 0 Å². The Bertz CT molecular complexity index is 1210. The predicted octanol–water partition coefficient (Wildman–Crippen LogP) is 1.99. The van der Waals surface area contributed by atoms with Crippen molar-refractivity contribution in [3.05, 3.63) is 46.9 Å². The van der Waals surface area contributed by atoms with Gasteiger partial charge in [0.15, 0.2) is 5.13 Å². The van der Waals surface area contributed by atoms with Gasteiger partial charge in [-0.25, -0.2) is 14.8 Å². The van der Waals surface area contributed by atoms with Crippen LogP contribution in [0.25, 0.3) is 11.3 Å². The summed E-state index contributed by atoms with van der Waals surface area (Å²) in [5, 5.41) is 27.6. The van der Waals surface area contributed by atoms with Gasteiger partial charge in [-0.15, -0.1) is 0 Å². The third kappa shape index (κ3) is 5.52. The zero-order chi connectivity index (χ0) is 23.3. The maximum atomic E-state index is 12.7. The summed E-state index contributed by atoms with van der Waals surface area (Å²) in [6.45, 7) is 1.53. The number of carboxylic acids is 1. The van der Waals surface area contributed by atoms with Crippen LogP contribution in [0.3, 0.4) is 0 Å². The molecule has 0 unspecified atom stereocenters. The van der Waals surface area contributed by atoms with Crippen molar-refractivity contribution in [3.8, 4) is 17.3 Å². The number of nitriles is 1. The SMILES string of the molecule is Cc1nc(NC(=O)C[C@@H](CC#N)NC(=O)c2cccc(-c3cnn(C)c3)n2)sc1C(=O)O. The maximum Gasteiger partial charge on any atom is 0.347 e. The van der Waals surface area contributed by atoms with Crippen LogP contribution in [0.15, 0.2) is 30.6 Å². The van der Waals surface area contributed by atoms with Crippen LogP contribution in [-0.2, 0) is 11.8 Å². The number of aromatic carboxylic acids is 1. The summed E-state index contributed by atoms with van der Waals surface area (Å²) >= 11 is 0.837. The van der Waals surface area contributed by atoms with Crippen LogP contribution in [0.1, 0.15) is 38.7 Å². The number of nitrogens with zero attached hydrogens (tertiary/aromatic N) is 5. The molecule has 0 saturated heterocycles. The normalized spacial score (nSPS) is 11.4. The fraction of sp³-hybridized carbons (Fsp3) is 0.250. The van der Waals surface area contributed by atoms with Crippen LogP contribution in [0.2, 0.25) is 0 Å². The second-order valence-corrected chi connectivity index (χ2v) is 7.83. The van der Waals surface area contributed by atoms with E-state index in [0.717, 1.165) is 16.9 Å². The Morgan fingerprint density at radius 3 is 2.72 bits per heavy atom. The summed E-state index contributed by atoms with van der Waals surface area (Å²) in [5.74, 6) is -2.16. The highest BCUT2D eigenvalue weighted by Crippen LogP contribution is 2.22. The Morgan fingerprint density at radius 1 is 1.31 bits per heavy atom. The lowest BCUT2D eigenvalue weighted by Crippen LogP contribution is -2.37. The van der Waals surface area contributed by atoms with Gasteiger partial charge in [-0.1, -0.05) is 17.4 Å². The molecule has 12 heteroatoms. The summed E-state index contributed by atoms with van der Waals surface area (Å²) in [4.78, 5) is 44.5. The number of pyridine rings is 1. The van der Waals surface area contributed by atoms with Crippen molar-refractivity contribution in [2.24, 2.45) is 7.05 Å². The molecular weight excluding hydrogens is 434 g/mol. The van der Waals surface area contributed by atoms with E-state index in [1.54, 1.807) is 36.3 Å². The van der Waals surface area contributed by atoms with Gasteiger partial charge in [-0.05, 0) is 19.1 Å². The second kappa shape index (κ2) is 9.80. The van der Waals surface area contributed by atoms with E-state index in [1.807, 2.05) is 6.07 Å². The van der Waals surface area contributed by atoms with E-state index >= 15 is 0 Å². The first-order valence-electron chi connectivity index (χ1n) is 9.41. The first kappa shape index (κ1) is 22.6. The third-order valence-corrected chi connectivity index (χ3v) is 5.39. The smallest absolute Gasteiger partial charge is 0.347 e. The molecule has 0 aromatic carbocycles. The molecule has 2 amide bonds. The number of hydrogen-bond acceptors (Lipinski definition) is 8. The van der Waals surface area contributed by atoms with E-state index in [0.29, 0.717) is 11.4 Å². The van der Waals surface area contributed by atoms with Crippen LogP contribution in [0.4, 0.5) is 5.13 Å². The summed E-state index contributed by atoms with van der Waals surface area (Å²) in [6, 6.07) is 6.14. The molecule has 3 rings (SSSR count). The van der Waals surface area contributed by atoms with Crippen LogP contribution < -0.4 is 10.6 Å². The first-order chi connectivity index (χ1) is 15.3. The largest absolute Gasteiger partial charge is 0.477 e. The number of nitrogens with one attached hydrogen (secondary N) is 2. The van der Waals surface area contributed by atoms with E-state index in [1.165, 1.54) is 13.0 Å². The highest BCUT2D eigenvalue weighted by Gasteiger charge is 2.21. The molecule has 3 N–H and O–H groups in total. The molecule has 0 spiro atoms. The highest BCUT2D eigenvalue weighted by atomic mass is 32.1. The van der Waals surface area contributed by atoms with E-state index < -0.39 is 23.8 Å². The molecule has 0 bridgehead atoms. The first-order valence-corrected chi connectivity index (χ1v) is 10.2. The van der Waals surface area contributed by atoms with Gasteiger partial charge in [-0.2, -0.15) is 10.4 Å². The standard InChI is InChI=1S/C20H19N7O4S/c1-11-17(19(30)31)32-20(23-11)26-16(28)8-13(6-7-21)24-18(29)15-5-3-4-14(25-15)12-9-22-27(2)10-12/h3-5,9-10,13H,6,8H2,1-2H3,(H,24,29)(H,30,31)(H,23,26,28)/t13-/m1/s1. The second-order valence-electron chi connectivity index (χ2n) is 6.83. The molecule has 0 aliphatic heterocycles. The topological polar surface area (TPSA) is 163 Å². The average Bonchev–Trinajstić information content (AvgIpc) is 3.33. The zero-order valence-electron chi connectivity index (χ0n) is 17.2. The van der Waals surface area contributed by atoms with E-state index in [9.17, 15) is 14.4 Å². The van der Waals surface area contributed by atoms with Gasteiger partial charge in [0.2, 0.25) is 5.91 Å². The number of aryl methyl sites for hydroxylation is 2. The summed E-state index contributed by atoms with van der Waals surface area (Å²) in [5.41, 5.74) is 1.74. The number of anilines is 1. The average molecular weight is 453 g/mol. The Morgan fingerprint density at radius 2 is 2.09 bits per heavy atom. The highest BCUT2D eigenvalue weighted by molar-refractivity contribution is 7.17. The lowest BCUT2D eigenvalue weighted by atomic mass is 10.1. The van der Waals surface area contributed by atoms with Crippen LogP contribution >= 0.6 is 11.3 Å². The fourth-order valence-electron chi connectivity index (χ4n) is 2.86. The minimum absolute atomic E-state index is 0.0294. The van der Waals surface area contributed by atoms with Gasteiger partial charge in [0.1, 0.15) is 10.6 Å². The maximum absolute atomic E-state index is 12.7. The molecule has 11 nitrogen and oxygen atoms in total. The monoisotopic (exact) mass is 453 g/mol. The van der Waals surface area contributed by atoms with Crippen LogP contribution in [0, 0.1) is 18.3 Å². The Kier molecular flexibility index (Phi) is 6.91. The number of thiazole rings is 1. The Balaban J connectivity index is 1.66. The molecule has 3 aromatic heterocycles. The zero-order valence-corrected chi connectivity index (χ0v) is 18.0. The number of amides is 2. The molecule has 3 aromatic rings. The van der Waals surface area contributed by atoms with Crippen molar-refractivity contribution in [2.75, 3.05) is 5.32 Å². The van der Waals surface area contributed by atoms with Crippen molar-refractivity contribution in [3.63, 3.8) is 0 Å². The summed E-state index contributed by atoms with van der Waals surface area (Å²) in [6.07, 6.45) is 3.10. The number of carboxylic acid groups (broad SMARTS) is 1. The van der Waals surface area contributed by atoms with Gasteiger partial charge in [-0.3, -0.25) is 14.3 Å². The van der Waals surface area contributed by atoms with E-state index in [2.05, 4.69) is 25.7 Å². The van der Waals surface area contributed by atoms with Gasteiger partial charge in [0.25, 0.3) is 5.91 Å². The molecule has 0 aliphatic rings. The Hall–Kier alpha value is -4.11. The molecular formula is C20H19N7O4S. The number of carbonyl (C=O) groups is 3. The minimum Gasteiger partial charge on any atom is -0.477 e. The van der Waals surface area contributed by atoms with Gasteiger partial charge < -0.3 is 15.7 Å². The van der Waals surface area contributed by atoms with Crippen molar-refractivity contribution < 1.29 is 19.5 Å². The molecule has 1 atom stereocenters. The van der Waals surface area contributed by atoms with Gasteiger partial charge in [0.05, 0.1) is 36.1 Å². The van der Waals surface area contributed by atoms with Crippen molar-refractivity contribution >= 4 is 34.3 Å². The van der Waals surface area contributed by atoms with Crippen molar-refractivity contribution in [1.29, 1.82) is 5.26 Å².